The quantitative estimate of drug-likeness (QED) is 0.808. The van der Waals surface area contributed by atoms with Crippen LogP contribution in [0.4, 0.5) is 0 Å². The van der Waals surface area contributed by atoms with Crippen LogP contribution in [0.15, 0.2) is 10.6 Å². The van der Waals surface area contributed by atoms with Crippen LogP contribution in [0.5, 0.6) is 0 Å². The molecule has 0 unspecified atom stereocenters. The van der Waals surface area contributed by atoms with Gasteiger partial charge in [0.15, 0.2) is 0 Å². The van der Waals surface area contributed by atoms with Crippen molar-refractivity contribution in [1.29, 1.82) is 0 Å². The van der Waals surface area contributed by atoms with Crippen LogP contribution in [-0.4, -0.2) is 58.7 Å². The Morgan fingerprint density at radius 2 is 2.18 bits per heavy atom. The van der Waals surface area contributed by atoms with Crippen LogP contribution in [0.25, 0.3) is 0 Å². The first-order chi connectivity index (χ1) is 8.31. The van der Waals surface area contributed by atoms with Crippen molar-refractivity contribution in [3.63, 3.8) is 0 Å². The highest BCUT2D eigenvalue weighted by atomic mass is 32.2. The van der Waals surface area contributed by atoms with Gasteiger partial charge in [0, 0.05) is 56.3 Å². The molecule has 1 aromatic rings. The molecule has 0 spiro atoms. The summed E-state index contributed by atoms with van der Waals surface area (Å²) in [4.78, 5) is 5.09. The van der Waals surface area contributed by atoms with Crippen molar-refractivity contribution in [3.8, 4) is 0 Å². The summed E-state index contributed by atoms with van der Waals surface area (Å²) in [5.74, 6) is 3.52. The fraction of sp³-hybridized carbons (Fsp3) is 0.750. The zero-order valence-electron chi connectivity index (χ0n) is 10.3. The standard InChI is InChI=1S/C12H19N3OS/c1-10-6-11(13-16-10)7-14-8-12(9-14)15-2-4-17-5-3-15/h6,12H,2-5,7-9H2,1H3. The second-order valence-corrected chi connectivity index (χ2v) is 6.15. The normalized spacial score (nSPS) is 23.8. The molecule has 2 aliphatic rings. The summed E-state index contributed by atoms with van der Waals surface area (Å²) >= 11 is 2.08. The van der Waals surface area contributed by atoms with Crippen molar-refractivity contribution < 1.29 is 4.52 Å². The van der Waals surface area contributed by atoms with Crippen molar-refractivity contribution in [2.75, 3.05) is 37.7 Å². The highest BCUT2D eigenvalue weighted by molar-refractivity contribution is 7.99. The third-order valence-corrected chi connectivity index (χ3v) is 4.50. The molecular weight excluding hydrogens is 234 g/mol. The number of aryl methyl sites for hydroxylation is 1. The van der Waals surface area contributed by atoms with E-state index in [-0.39, 0.29) is 0 Å². The second-order valence-electron chi connectivity index (χ2n) is 4.93. The van der Waals surface area contributed by atoms with Crippen LogP contribution < -0.4 is 0 Å². The second kappa shape index (κ2) is 5.00. The maximum Gasteiger partial charge on any atom is 0.133 e. The number of rotatable bonds is 3. The van der Waals surface area contributed by atoms with Crippen molar-refractivity contribution in [2.24, 2.45) is 0 Å². The van der Waals surface area contributed by atoms with E-state index in [1.807, 2.05) is 13.0 Å². The smallest absolute Gasteiger partial charge is 0.133 e. The van der Waals surface area contributed by atoms with E-state index in [1.165, 1.54) is 37.7 Å². The molecule has 0 aliphatic carbocycles. The first-order valence-corrected chi connectivity index (χ1v) is 7.43. The number of aromatic nitrogens is 1. The van der Waals surface area contributed by atoms with E-state index >= 15 is 0 Å². The van der Waals surface area contributed by atoms with Crippen molar-refractivity contribution in [3.05, 3.63) is 17.5 Å². The van der Waals surface area contributed by atoms with E-state index in [9.17, 15) is 0 Å². The Balaban J connectivity index is 1.45. The third kappa shape index (κ3) is 2.67. The summed E-state index contributed by atoms with van der Waals surface area (Å²) in [5.41, 5.74) is 1.06. The molecule has 1 aromatic heterocycles. The van der Waals surface area contributed by atoms with Gasteiger partial charge in [-0.05, 0) is 6.92 Å². The van der Waals surface area contributed by atoms with Gasteiger partial charge in [-0.15, -0.1) is 0 Å². The highest BCUT2D eigenvalue weighted by Crippen LogP contribution is 2.21. The summed E-state index contributed by atoms with van der Waals surface area (Å²) in [6.45, 7) is 7.81. The molecule has 3 rings (SSSR count). The molecule has 2 aliphatic heterocycles. The molecule has 0 radical (unpaired) electrons. The topological polar surface area (TPSA) is 32.5 Å². The van der Waals surface area contributed by atoms with Crippen LogP contribution in [0.2, 0.25) is 0 Å². The monoisotopic (exact) mass is 253 g/mol. The fourth-order valence-corrected chi connectivity index (χ4v) is 3.50. The molecule has 0 saturated carbocycles. The molecule has 0 bridgehead atoms. The molecule has 2 saturated heterocycles. The third-order valence-electron chi connectivity index (χ3n) is 3.56. The number of hydrogen-bond acceptors (Lipinski definition) is 5. The molecule has 94 valence electrons. The van der Waals surface area contributed by atoms with E-state index in [0.717, 1.165) is 24.0 Å². The number of nitrogens with zero attached hydrogens (tertiary/aromatic N) is 3. The Hall–Kier alpha value is -0.520. The van der Waals surface area contributed by atoms with Gasteiger partial charge < -0.3 is 4.52 Å². The average molecular weight is 253 g/mol. The van der Waals surface area contributed by atoms with Crippen LogP contribution in [-0.2, 0) is 6.54 Å². The Labute approximate surface area is 106 Å². The maximum absolute atomic E-state index is 5.09. The highest BCUT2D eigenvalue weighted by Gasteiger charge is 2.32. The van der Waals surface area contributed by atoms with Crippen molar-refractivity contribution in [2.45, 2.75) is 19.5 Å². The van der Waals surface area contributed by atoms with E-state index in [1.54, 1.807) is 0 Å². The first kappa shape index (κ1) is 11.6. The Morgan fingerprint density at radius 3 is 2.82 bits per heavy atom. The lowest BCUT2D eigenvalue weighted by Crippen LogP contribution is -2.60. The molecule has 2 fully saturated rings. The van der Waals surface area contributed by atoms with Gasteiger partial charge >= 0.3 is 0 Å². The van der Waals surface area contributed by atoms with Gasteiger partial charge in [0.1, 0.15) is 5.76 Å². The molecule has 4 nitrogen and oxygen atoms in total. The minimum absolute atomic E-state index is 0.781. The Kier molecular flexibility index (Phi) is 3.40. The van der Waals surface area contributed by atoms with Gasteiger partial charge in [0.2, 0.25) is 0 Å². The largest absolute Gasteiger partial charge is 0.361 e. The van der Waals surface area contributed by atoms with Crippen molar-refractivity contribution >= 4 is 11.8 Å². The SMILES string of the molecule is Cc1cc(CN2CC(N3CCSCC3)C2)no1. The number of thioether (sulfide) groups is 1. The minimum Gasteiger partial charge on any atom is -0.361 e. The van der Waals surface area contributed by atoms with Crippen LogP contribution in [0.1, 0.15) is 11.5 Å². The Morgan fingerprint density at radius 1 is 1.41 bits per heavy atom. The number of likely N-dealkylation sites (tertiary alicyclic amines) is 1. The molecular formula is C12H19N3OS. The lowest BCUT2D eigenvalue weighted by molar-refractivity contribution is 0.0329. The lowest BCUT2D eigenvalue weighted by Gasteiger charge is -2.46. The van der Waals surface area contributed by atoms with E-state index in [4.69, 9.17) is 4.52 Å². The van der Waals surface area contributed by atoms with Crippen LogP contribution in [0.3, 0.4) is 0 Å². The van der Waals surface area contributed by atoms with Gasteiger partial charge in [-0.3, -0.25) is 9.80 Å². The predicted octanol–water partition coefficient (Wildman–Crippen LogP) is 1.22. The summed E-state index contributed by atoms with van der Waals surface area (Å²) < 4.78 is 5.09. The zero-order chi connectivity index (χ0) is 11.7. The van der Waals surface area contributed by atoms with E-state index in [2.05, 4.69) is 26.7 Å². The Bertz CT molecular complexity index is 370. The van der Waals surface area contributed by atoms with Gasteiger partial charge in [-0.25, -0.2) is 0 Å². The van der Waals surface area contributed by atoms with Gasteiger partial charge in [0.05, 0.1) is 5.69 Å². The van der Waals surface area contributed by atoms with Crippen LogP contribution >= 0.6 is 11.8 Å². The first-order valence-electron chi connectivity index (χ1n) is 6.27. The molecule has 0 atom stereocenters. The van der Waals surface area contributed by atoms with Gasteiger partial charge in [0.25, 0.3) is 0 Å². The van der Waals surface area contributed by atoms with Gasteiger partial charge in [-0.2, -0.15) is 11.8 Å². The van der Waals surface area contributed by atoms with Gasteiger partial charge in [-0.1, -0.05) is 5.16 Å². The van der Waals surface area contributed by atoms with E-state index < -0.39 is 0 Å². The van der Waals surface area contributed by atoms with E-state index in [0.29, 0.717) is 0 Å². The fourth-order valence-electron chi connectivity index (χ4n) is 2.57. The molecule has 5 heteroatoms. The maximum atomic E-state index is 5.09. The van der Waals surface area contributed by atoms with Crippen molar-refractivity contribution in [1.82, 2.24) is 15.0 Å². The summed E-state index contributed by atoms with van der Waals surface area (Å²) in [6.07, 6.45) is 0. The molecule has 3 heterocycles. The molecule has 17 heavy (non-hydrogen) atoms. The summed E-state index contributed by atoms with van der Waals surface area (Å²) in [5, 5.41) is 4.04. The molecule has 0 N–H and O–H groups in total. The lowest BCUT2D eigenvalue weighted by atomic mass is 10.1. The molecule has 0 aromatic carbocycles. The average Bonchev–Trinajstić information content (AvgIpc) is 2.70. The van der Waals surface area contributed by atoms with Crippen LogP contribution in [0, 0.1) is 6.92 Å². The summed E-state index contributed by atoms with van der Waals surface area (Å²) in [6, 6.07) is 2.81. The minimum atomic E-state index is 0.781. The summed E-state index contributed by atoms with van der Waals surface area (Å²) in [7, 11) is 0. The molecule has 0 amide bonds. The number of hydrogen-bond donors (Lipinski definition) is 0. The zero-order valence-corrected chi connectivity index (χ0v) is 11.1. The predicted molar refractivity (Wildman–Crippen MR) is 69.2 cm³/mol.